The van der Waals surface area contributed by atoms with Gasteiger partial charge in [0.15, 0.2) is 0 Å². The second-order valence-corrected chi connectivity index (χ2v) is 4.92. The average molecular weight is 233 g/mol. The normalized spacial score (nSPS) is 25.0. The number of benzene rings is 1. The summed E-state index contributed by atoms with van der Waals surface area (Å²) < 4.78 is 0. The molecule has 3 heteroatoms. The molecule has 0 amide bonds. The highest BCUT2D eigenvalue weighted by molar-refractivity contribution is 5.71. The summed E-state index contributed by atoms with van der Waals surface area (Å²) in [6, 6.07) is 10.3. The van der Waals surface area contributed by atoms with Crippen molar-refractivity contribution in [3.8, 4) is 0 Å². The van der Waals surface area contributed by atoms with E-state index >= 15 is 0 Å². The van der Waals surface area contributed by atoms with Crippen LogP contribution in [0.15, 0.2) is 30.3 Å². The quantitative estimate of drug-likeness (QED) is 0.863. The van der Waals surface area contributed by atoms with E-state index in [9.17, 15) is 4.79 Å². The van der Waals surface area contributed by atoms with E-state index in [1.807, 2.05) is 25.1 Å². The fraction of sp³-hybridized carbons (Fsp3) is 0.500. The van der Waals surface area contributed by atoms with Crippen molar-refractivity contribution in [2.75, 3.05) is 19.6 Å². The lowest BCUT2D eigenvalue weighted by molar-refractivity contribution is -0.142. The fourth-order valence-corrected chi connectivity index (χ4v) is 2.50. The van der Waals surface area contributed by atoms with Crippen LogP contribution in [0.4, 0.5) is 0 Å². The first kappa shape index (κ1) is 12.1. The zero-order chi connectivity index (χ0) is 12.3. The van der Waals surface area contributed by atoms with Crippen molar-refractivity contribution in [1.82, 2.24) is 4.90 Å². The zero-order valence-electron chi connectivity index (χ0n) is 10.2. The van der Waals surface area contributed by atoms with Crippen LogP contribution in [0.2, 0.25) is 0 Å². The fourth-order valence-electron chi connectivity index (χ4n) is 2.50. The summed E-state index contributed by atoms with van der Waals surface area (Å²) >= 11 is 0. The van der Waals surface area contributed by atoms with Crippen LogP contribution in [0.3, 0.4) is 0 Å². The van der Waals surface area contributed by atoms with Crippen LogP contribution in [-0.2, 0) is 11.2 Å². The van der Waals surface area contributed by atoms with Crippen LogP contribution in [0.1, 0.15) is 12.5 Å². The molecule has 1 fully saturated rings. The number of hydrogen-bond acceptors (Lipinski definition) is 2. The maximum atomic E-state index is 11.0. The van der Waals surface area contributed by atoms with Gasteiger partial charge in [-0.2, -0.15) is 0 Å². The molecule has 1 aromatic rings. The van der Waals surface area contributed by atoms with Crippen LogP contribution in [-0.4, -0.2) is 35.6 Å². The summed E-state index contributed by atoms with van der Waals surface area (Å²) in [7, 11) is 0. The lowest BCUT2D eigenvalue weighted by atomic mass is 9.99. The summed E-state index contributed by atoms with van der Waals surface area (Å²) in [5.74, 6) is -0.575. The first-order valence-electron chi connectivity index (χ1n) is 6.16. The Hall–Kier alpha value is -1.35. The Morgan fingerprint density at radius 2 is 2.06 bits per heavy atom. The Kier molecular flexibility index (Phi) is 3.79. The third-order valence-corrected chi connectivity index (χ3v) is 3.56. The van der Waals surface area contributed by atoms with Crippen LogP contribution < -0.4 is 0 Å². The molecular formula is C14H19NO2. The Bertz CT molecular complexity index is 377. The predicted octanol–water partition coefficient (Wildman–Crippen LogP) is 1.88. The predicted molar refractivity (Wildman–Crippen MR) is 66.9 cm³/mol. The van der Waals surface area contributed by atoms with Crippen LogP contribution >= 0.6 is 0 Å². The molecule has 0 bridgehead atoms. The monoisotopic (exact) mass is 233 g/mol. The molecule has 1 aliphatic rings. The maximum Gasteiger partial charge on any atom is 0.308 e. The molecule has 0 unspecified atom stereocenters. The third-order valence-electron chi connectivity index (χ3n) is 3.56. The molecule has 2 atom stereocenters. The number of carboxylic acids is 1. The Labute approximate surface area is 102 Å². The standard InChI is InChI=1S/C14H19NO2/c1-11-9-15(10-13(11)14(16)17)8-7-12-5-3-2-4-6-12/h2-6,11,13H,7-10H2,1H3,(H,16,17)/t11-,13-/m1/s1. The molecule has 17 heavy (non-hydrogen) atoms. The van der Waals surface area contributed by atoms with Crippen LogP contribution in [0.5, 0.6) is 0 Å². The molecule has 1 N–H and O–H groups in total. The van der Waals surface area contributed by atoms with Gasteiger partial charge in [0, 0.05) is 19.6 Å². The second-order valence-electron chi connectivity index (χ2n) is 4.92. The van der Waals surface area contributed by atoms with Gasteiger partial charge in [-0.3, -0.25) is 4.79 Å². The van der Waals surface area contributed by atoms with Crippen molar-refractivity contribution >= 4 is 5.97 Å². The van der Waals surface area contributed by atoms with Gasteiger partial charge < -0.3 is 10.0 Å². The van der Waals surface area contributed by atoms with Gasteiger partial charge in [0.2, 0.25) is 0 Å². The van der Waals surface area contributed by atoms with Crippen molar-refractivity contribution in [3.63, 3.8) is 0 Å². The van der Waals surface area contributed by atoms with Gasteiger partial charge in [0.05, 0.1) is 5.92 Å². The van der Waals surface area contributed by atoms with Crippen molar-refractivity contribution in [3.05, 3.63) is 35.9 Å². The number of rotatable bonds is 4. The number of likely N-dealkylation sites (tertiary alicyclic amines) is 1. The molecule has 92 valence electrons. The molecule has 0 saturated carbocycles. The first-order chi connectivity index (χ1) is 8.16. The first-order valence-corrected chi connectivity index (χ1v) is 6.16. The van der Waals surface area contributed by atoms with Gasteiger partial charge in [0.25, 0.3) is 0 Å². The molecule has 1 aliphatic heterocycles. The van der Waals surface area contributed by atoms with E-state index < -0.39 is 5.97 Å². The molecular weight excluding hydrogens is 214 g/mol. The lowest BCUT2D eigenvalue weighted by Crippen LogP contribution is -2.25. The van der Waals surface area contributed by atoms with Crippen molar-refractivity contribution < 1.29 is 9.90 Å². The molecule has 0 aromatic heterocycles. The molecule has 1 saturated heterocycles. The number of nitrogens with zero attached hydrogens (tertiary/aromatic N) is 1. The average Bonchev–Trinajstić information content (AvgIpc) is 2.69. The van der Waals surface area contributed by atoms with Gasteiger partial charge in [0.1, 0.15) is 0 Å². The highest BCUT2D eigenvalue weighted by Crippen LogP contribution is 2.23. The van der Waals surface area contributed by atoms with E-state index in [-0.39, 0.29) is 11.8 Å². The van der Waals surface area contributed by atoms with Crippen LogP contribution in [0.25, 0.3) is 0 Å². The molecule has 0 radical (unpaired) electrons. The Morgan fingerprint density at radius 1 is 1.35 bits per heavy atom. The van der Waals surface area contributed by atoms with E-state index in [4.69, 9.17) is 5.11 Å². The van der Waals surface area contributed by atoms with E-state index in [0.29, 0.717) is 6.54 Å². The molecule has 1 heterocycles. The molecule has 1 aromatic carbocycles. The summed E-state index contributed by atoms with van der Waals surface area (Å²) in [5, 5.41) is 9.06. The van der Waals surface area contributed by atoms with E-state index in [1.54, 1.807) is 0 Å². The summed E-state index contributed by atoms with van der Waals surface area (Å²) in [6.45, 7) is 4.59. The summed E-state index contributed by atoms with van der Waals surface area (Å²) in [6.07, 6.45) is 1.000. The van der Waals surface area contributed by atoms with Gasteiger partial charge in [-0.25, -0.2) is 0 Å². The maximum absolute atomic E-state index is 11.0. The van der Waals surface area contributed by atoms with E-state index in [2.05, 4.69) is 17.0 Å². The van der Waals surface area contributed by atoms with Crippen LogP contribution in [0, 0.1) is 11.8 Å². The molecule has 3 nitrogen and oxygen atoms in total. The third kappa shape index (κ3) is 3.07. The van der Waals surface area contributed by atoms with Gasteiger partial charge in [-0.05, 0) is 17.9 Å². The van der Waals surface area contributed by atoms with Crippen molar-refractivity contribution in [2.24, 2.45) is 11.8 Å². The zero-order valence-corrected chi connectivity index (χ0v) is 10.2. The number of carbonyl (C=O) groups is 1. The topological polar surface area (TPSA) is 40.5 Å². The summed E-state index contributed by atoms with van der Waals surface area (Å²) in [5.41, 5.74) is 1.32. The molecule has 0 aliphatic carbocycles. The highest BCUT2D eigenvalue weighted by atomic mass is 16.4. The minimum Gasteiger partial charge on any atom is -0.481 e. The minimum absolute atomic E-state index is 0.189. The largest absolute Gasteiger partial charge is 0.481 e. The second kappa shape index (κ2) is 5.32. The number of aliphatic carboxylic acids is 1. The minimum atomic E-state index is -0.653. The van der Waals surface area contributed by atoms with Crippen molar-refractivity contribution in [1.29, 1.82) is 0 Å². The molecule has 2 rings (SSSR count). The van der Waals surface area contributed by atoms with Crippen molar-refractivity contribution in [2.45, 2.75) is 13.3 Å². The van der Waals surface area contributed by atoms with Gasteiger partial charge in [-0.15, -0.1) is 0 Å². The van der Waals surface area contributed by atoms with E-state index in [0.717, 1.165) is 19.5 Å². The highest BCUT2D eigenvalue weighted by Gasteiger charge is 2.34. The van der Waals surface area contributed by atoms with Gasteiger partial charge in [-0.1, -0.05) is 37.3 Å². The summed E-state index contributed by atoms with van der Waals surface area (Å²) in [4.78, 5) is 13.3. The Morgan fingerprint density at radius 3 is 2.65 bits per heavy atom. The number of carboxylic acid groups (broad SMARTS) is 1. The smallest absolute Gasteiger partial charge is 0.308 e. The SMILES string of the molecule is C[C@@H]1CN(CCc2ccccc2)C[C@H]1C(=O)O. The molecule has 0 spiro atoms. The number of hydrogen-bond donors (Lipinski definition) is 1. The van der Waals surface area contributed by atoms with E-state index in [1.165, 1.54) is 5.56 Å². The lowest BCUT2D eigenvalue weighted by Gasteiger charge is -2.14. The Balaban J connectivity index is 1.84. The van der Waals surface area contributed by atoms with Gasteiger partial charge >= 0.3 is 5.97 Å².